The van der Waals surface area contributed by atoms with E-state index in [1.54, 1.807) is 0 Å². The average Bonchev–Trinajstić information content (AvgIpc) is 2.97. The van der Waals surface area contributed by atoms with Crippen molar-refractivity contribution in [2.24, 2.45) is 0 Å². The number of anilines is 1. The third kappa shape index (κ3) is 2.52. The fraction of sp³-hybridized carbons (Fsp3) is 0.176. The Labute approximate surface area is 141 Å². The van der Waals surface area contributed by atoms with Crippen molar-refractivity contribution in [2.45, 2.75) is 19.8 Å². The van der Waals surface area contributed by atoms with Gasteiger partial charge < -0.3 is 10.3 Å². The number of hydrogen-bond donors (Lipinski definition) is 2. The standard InChI is InChI=1S/C17H14N4O2S/c1-9(22)18-17-19-12-8-7-11-13(14(12)24-17)20-15(21-16(11)23)10-5-3-2-4-6-10/h2-6H,7-8H2,1H3,(H,18,19,22)(H,20,21,23). The molecule has 0 radical (unpaired) electrons. The Bertz CT molecular complexity index is 992. The molecule has 24 heavy (non-hydrogen) atoms. The van der Waals surface area contributed by atoms with Gasteiger partial charge in [-0.3, -0.25) is 9.59 Å². The maximum absolute atomic E-state index is 12.5. The van der Waals surface area contributed by atoms with Crippen LogP contribution in [0.2, 0.25) is 0 Å². The first-order valence-electron chi connectivity index (χ1n) is 7.58. The van der Waals surface area contributed by atoms with Crippen LogP contribution in [-0.2, 0) is 17.6 Å². The van der Waals surface area contributed by atoms with Crippen molar-refractivity contribution in [1.82, 2.24) is 15.0 Å². The predicted molar refractivity (Wildman–Crippen MR) is 93.1 cm³/mol. The molecule has 7 heteroatoms. The van der Waals surface area contributed by atoms with Crippen molar-refractivity contribution in [2.75, 3.05) is 5.32 Å². The van der Waals surface area contributed by atoms with Gasteiger partial charge in [0.1, 0.15) is 5.82 Å². The van der Waals surface area contributed by atoms with Gasteiger partial charge in [-0.1, -0.05) is 41.7 Å². The Morgan fingerprint density at radius 1 is 1.21 bits per heavy atom. The molecule has 0 fully saturated rings. The number of carbonyl (C=O) groups excluding carboxylic acids is 1. The van der Waals surface area contributed by atoms with Crippen molar-refractivity contribution in [3.05, 3.63) is 51.9 Å². The Morgan fingerprint density at radius 2 is 2.00 bits per heavy atom. The summed E-state index contributed by atoms with van der Waals surface area (Å²) < 4.78 is 0. The van der Waals surface area contributed by atoms with Crippen LogP contribution in [0.4, 0.5) is 5.13 Å². The summed E-state index contributed by atoms with van der Waals surface area (Å²) in [5.74, 6) is 0.381. The lowest BCUT2D eigenvalue weighted by molar-refractivity contribution is -0.114. The third-order valence-electron chi connectivity index (χ3n) is 3.87. The van der Waals surface area contributed by atoms with Crippen LogP contribution in [0.5, 0.6) is 0 Å². The SMILES string of the molecule is CC(=O)Nc1nc2c(s1)-c1nc(-c3ccccc3)[nH]c(=O)c1CC2. The Balaban J connectivity index is 1.87. The van der Waals surface area contributed by atoms with E-state index in [2.05, 4.69) is 20.3 Å². The van der Waals surface area contributed by atoms with Gasteiger partial charge in [-0.15, -0.1) is 0 Å². The number of benzene rings is 1. The van der Waals surface area contributed by atoms with E-state index in [-0.39, 0.29) is 11.5 Å². The summed E-state index contributed by atoms with van der Waals surface area (Å²) in [6, 6.07) is 9.54. The molecule has 0 saturated heterocycles. The number of thiazole rings is 1. The zero-order valence-corrected chi connectivity index (χ0v) is 13.7. The molecule has 120 valence electrons. The van der Waals surface area contributed by atoms with Gasteiger partial charge in [0.05, 0.1) is 16.3 Å². The number of aromatic nitrogens is 3. The van der Waals surface area contributed by atoms with Crippen LogP contribution in [0.15, 0.2) is 35.1 Å². The zero-order valence-electron chi connectivity index (χ0n) is 12.9. The maximum Gasteiger partial charge on any atom is 0.254 e. The quantitative estimate of drug-likeness (QED) is 0.752. The zero-order chi connectivity index (χ0) is 16.7. The number of nitrogens with zero attached hydrogens (tertiary/aromatic N) is 2. The Morgan fingerprint density at radius 3 is 2.75 bits per heavy atom. The minimum Gasteiger partial charge on any atom is -0.306 e. The molecule has 1 amide bonds. The van der Waals surface area contributed by atoms with Gasteiger partial charge >= 0.3 is 0 Å². The fourth-order valence-corrected chi connectivity index (χ4v) is 3.88. The van der Waals surface area contributed by atoms with Crippen LogP contribution >= 0.6 is 11.3 Å². The van der Waals surface area contributed by atoms with Crippen molar-refractivity contribution in [1.29, 1.82) is 0 Å². The number of H-pyrrole nitrogens is 1. The van der Waals surface area contributed by atoms with E-state index in [1.807, 2.05) is 30.3 Å². The summed E-state index contributed by atoms with van der Waals surface area (Å²) >= 11 is 1.36. The van der Waals surface area contributed by atoms with E-state index < -0.39 is 0 Å². The predicted octanol–water partition coefficient (Wildman–Crippen LogP) is 2.62. The van der Waals surface area contributed by atoms with Gasteiger partial charge in [-0.25, -0.2) is 9.97 Å². The van der Waals surface area contributed by atoms with Gasteiger partial charge in [0, 0.05) is 18.1 Å². The second-order valence-corrected chi connectivity index (χ2v) is 6.58. The molecule has 3 aromatic rings. The highest BCUT2D eigenvalue weighted by Gasteiger charge is 2.25. The summed E-state index contributed by atoms with van der Waals surface area (Å²) in [6.45, 7) is 1.45. The van der Waals surface area contributed by atoms with Gasteiger partial charge in [-0.2, -0.15) is 0 Å². The number of hydrogen-bond acceptors (Lipinski definition) is 5. The van der Waals surface area contributed by atoms with E-state index in [4.69, 9.17) is 0 Å². The van der Waals surface area contributed by atoms with Crippen LogP contribution < -0.4 is 10.9 Å². The molecule has 2 N–H and O–H groups in total. The lowest BCUT2D eigenvalue weighted by Crippen LogP contribution is -2.20. The van der Waals surface area contributed by atoms with E-state index in [0.717, 1.165) is 16.1 Å². The lowest BCUT2D eigenvalue weighted by atomic mass is 9.99. The highest BCUT2D eigenvalue weighted by Crippen LogP contribution is 2.37. The molecule has 1 aromatic carbocycles. The van der Waals surface area contributed by atoms with Crippen LogP contribution in [0, 0.1) is 0 Å². The highest BCUT2D eigenvalue weighted by molar-refractivity contribution is 7.19. The van der Waals surface area contributed by atoms with Crippen molar-refractivity contribution < 1.29 is 4.79 Å². The number of aryl methyl sites for hydroxylation is 1. The molecule has 1 aliphatic carbocycles. The number of fused-ring (bicyclic) bond motifs is 3. The molecule has 1 aliphatic rings. The second-order valence-electron chi connectivity index (χ2n) is 5.58. The van der Waals surface area contributed by atoms with Crippen molar-refractivity contribution >= 4 is 22.4 Å². The molecule has 0 bridgehead atoms. The Hall–Kier alpha value is -2.80. The first-order chi connectivity index (χ1) is 11.6. The second kappa shape index (κ2) is 5.68. The molecule has 2 heterocycles. The molecule has 0 aliphatic heterocycles. The number of amides is 1. The number of carbonyl (C=O) groups is 1. The van der Waals surface area contributed by atoms with Gasteiger partial charge in [-0.05, 0) is 12.8 Å². The van der Waals surface area contributed by atoms with Crippen molar-refractivity contribution in [3.8, 4) is 22.0 Å². The van der Waals surface area contributed by atoms with E-state index in [1.165, 1.54) is 18.3 Å². The molecule has 0 saturated carbocycles. The first kappa shape index (κ1) is 14.8. The fourth-order valence-electron chi connectivity index (χ4n) is 2.80. The summed E-state index contributed by atoms with van der Waals surface area (Å²) in [4.78, 5) is 36.6. The molecular formula is C17H14N4O2S. The summed E-state index contributed by atoms with van der Waals surface area (Å²) in [5, 5.41) is 3.25. The minimum absolute atomic E-state index is 0.112. The first-order valence-corrected chi connectivity index (χ1v) is 8.40. The van der Waals surface area contributed by atoms with Crippen LogP contribution in [0.3, 0.4) is 0 Å². The van der Waals surface area contributed by atoms with E-state index in [9.17, 15) is 9.59 Å². The van der Waals surface area contributed by atoms with Gasteiger partial charge in [0.15, 0.2) is 5.13 Å². The topological polar surface area (TPSA) is 87.7 Å². The number of nitrogens with one attached hydrogen (secondary N) is 2. The third-order valence-corrected chi connectivity index (χ3v) is 4.89. The van der Waals surface area contributed by atoms with Crippen LogP contribution in [-0.4, -0.2) is 20.9 Å². The van der Waals surface area contributed by atoms with Gasteiger partial charge in [0.2, 0.25) is 5.91 Å². The smallest absolute Gasteiger partial charge is 0.254 e. The van der Waals surface area contributed by atoms with E-state index in [0.29, 0.717) is 35.1 Å². The summed E-state index contributed by atoms with van der Waals surface area (Å²) in [7, 11) is 0. The van der Waals surface area contributed by atoms with Crippen LogP contribution in [0.1, 0.15) is 18.2 Å². The lowest BCUT2D eigenvalue weighted by Gasteiger charge is -2.14. The highest BCUT2D eigenvalue weighted by atomic mass is 32.1. The minimum atomic E-state index is -0.162. The maximum atomic E-state index is 12.5. The average molecular weight is 338 g/mol. The molecule has 0 atom stereocenters. The number of rotatable bonds is 2. The molecule has 2 aromatic heterocycles. The molecule has 0 spiro atoms. The monoisotopic (exact) mass is 338 g/mol. The van der Waals surface area contributed by atoms with E-state index >= 15 is 0 Å². The molecule has 0 unspecified atom stereocenters. The van der Waals surface area contributed by atoms with Gasteiger partial charge in [0.25, 0.3) is 5.56 Å². The molecular weight excluding hydrogens is 324 g/mol. The van der Waals surface area contributed by atoms with Crippen molar-refractivity contribution in [3.63, 3.8) is 0 Å². The Kier molecular flexibility index (Phi) is 3.50. The summed E-state index contributed by atoms with van der Waals surface area (Å²) in [6.07, 6.45) is 1.27. The van der Waals surface area contributed by atoms with Crippen LogP contribution in [0.25, 0.3) is 22.0 Å². The normalized spacial score (nSPS) is 12.4. The molecule has 6 nitrogen and oxygen atoms in total. The number of aromatic amines is 1. The summed E-state index contributed by atoms with van der Waals surface area (Å²) in [5.41, 5.74) is 2.98. The largest absolute Gasteiger partial charge is 0.306 e. The molecule has 4 rings (SSSR count).